The summed E-state index contributed by atoms with van der Waals surface area (Å²) in [6, 6.07) is 16.8. The summed E-state index contributed by atoms with van der Waals surface area (Å²) in [5.74, 6) is 0.0981. The number of hydrogen-bond donors (Lipinski definition) is 1. The van der Waals surface area contributed by atoms with Crippen LogP contribution in [0.15, 0.2) is 54.6 Å². The van der Waals surface area contributed by atoms with Crippen LogP contribution >= 0.6 is 0 Å². The van der Waals surface area contributed by atoms with Gasteiger partial charge in [-0.15, -0.1) is 0 Å². The molecular weight excluding hydrogens is 324 g/mol. The Morgan fingerprint density at radius 1 is 1.08 bits per heavy atom. The number of benzene rings is 2. The fourth-order valence-electron chi connectivity index (χ4n) is 2.79. The molecule has 0 saturated carbocycles. The van der Waals surface area contributed by atoms with Gasteiger partial charge in [-0.05, 0) is 36.6 Å². The minimum atomic E-state index is -3.21. The van der Waals surface area contributed by atoms with E-state index < -0.39 is 10.0 Å². The van der Waals surface area contributed by atoms with Gasteiger partial charge in [0.1, 0.15) is 0 Å². The summed E-state index contributed by atoms with van der Waals surface area (Å²) in [5, 5.41) is 2.84. The Morgan fingerprint density at radius 2 is 1.88 bits per heavy atom. The first-order valence-corrected chi connectivity index (χ1v) is 9.60. The van der Waals surface area contributed by atoms with Gasteiger partial charge in [-0.3, -0.25) is 9.10 Å². The predicted molar refractivity (Wildman–Crippen MR) is 95.6 cm³/mol. The van der Waals surface area contributed by atoms with Gasteiger partial charge < -0.3 is 5.32 Å². The maximum absolute atomic E-state index is 12.1. The Morgan fingerprint density at radius 3 is 2.58 bits per heavy atom. The molecule has 0 aromatic heterocycles. The highest BCUT2D eigenvalue weighted by Gasteiger charge is 2.28. The number of aryl methyl sites for hydroxylation is 1. The third-order valence-corrected chi connectivity index (χ3v) is 5.87. The lowest BCUT2D eigenvalue weighted by molar-refractivity contribution is -0.116. The van der Waals surface area contributed by atoms with Crippen molar-refractivity contribution in [2.45, 2.75) is 19.3 Å². The zero-order chi connectivity index (χ0) is 17.0. The molecule has 0 spiro atoms. The largest absolute Gasteiger partial charge is 0.326 e. The van der Waals surface area contributed by atoms with E-state index in [1.807, 2.05) is 30.3 Å². The number of anilines is 2. The molecule has 1 aliphatic heterocycles. The molecule has 3 rings (SSSR count). The Bertz CT molecular complexity index is 819. The lowest BCUT2D eigenvalue weighted by Crippen LogP contribution is -2.25. The maximum Gasteiger partial charge on any atom is 0.235 e. The van der Waals surface area contributed by atoms with Crippen LogP contribution in [-0.4, -0.2) is 26.6 Å². The molecule has 1 heterocycles. The van der Waals surface area contributed by atoms with Gasteiger partial charge in [-0.25, -0.2) is 8.42 Å². The number of carbonyl (C=O) groups is 1. The molecule has 0 atom stereocenters. The first-order valence-electron chi connectivity index (χ1n) is 7.99. The van der Waals surface area contributed by atoms with Gasteiger partial charge in [-0.2, -0.15) is 0 Å². The molecule has 1 N–H and O–H groups in total. The molecule has 5 nitrogen and oxygen atoms in total. The van der Waals surface area contributed by atoms with E-state index >= 15 is 0 Å². The van der Waals surface area contributed by atoms with Gasteiger partial charge in [0.2, 0.25) is 15.9 Å². The lowest BCUT2D eigenvalue weighted by Gasteiger charge is -2.17. The molecule has 0 aliphatic carbocycles. The molecule has 2 aromatic rings. The summed E-state index contributed by atoms with van der Waals surface area (Å²) in [6.07, 6.45) is 1.69. The molecular formula is C18H20N2O3S. The molecule has 6 heteroatoms. The van der Waals surface area contributed by atoms with Gasteiger partial charge in [0, 0.05) is 18.7 Å². The third-order valence-electron chi connectivity index (χ3n) is 4.00. The zero-order valence-corrected chi connectivity index (χ0v) is 14.1. The van der Waals surface area contributed by atoms with Gasteiger partial charge in [-0.1, -0.05) is 36.4 Å². The van der Waals surface area contributed by atoms with Crippen LogP contribution in [0.4, 0.5) is 11.4 Å². The van der Waals surface area contributed by atoms with Crippen molar-refractivity contribution in [1.29, 1.82) is 0 Å². The third kappa shape index (κ3) is 3.94. The topological polar surface area (TPSA) is 66.5 Å². The monoisotopic (exact) mass is 344 g/mol. The average Bonchev–Trinajstić information content (AvgIpc) is 2.93. The van der Waals surface area contributed by atoms with Crippen LogP contribution in [-0.2, 0) is 21.2 Å². The Hall–Kier alpha value is -2.34. The van der Waals surface area contributed by atoms with Crippen molar-refractivity contribution in [2.75, 3.05) is 21.9 Å². The van der Waals surface area contributed by atoms with E-state index in [4.69, 9.17) is 0 Å². The van der Waals surface area contributed by atoms with Crippen LogP contribution in [0, 0.1) is 0 Å². The molecule has 2 aromatic carbocycles. The fourth-order valence-corrected chi connectivity index (χ4v) is 4.35. The summed E-state index contributed by atoms with van der Waals surface area (Å²) in [4.78, 5) is 12.1. The van der Waals surface area contributed by atoms with Crippen LogP contribution in [0.2, 0.25) is 0 Å². The molecule has 24 heavy (non-hydrogen) atoms. The molecule has 0 radical (unpaired) electrons. The highest BCUT2D eigenvalue weighted by molar-refractivity contribution is 7.93. The molecule has 0 unspecified atom stereocenters. The van der Waals surface area contributed by atoms with Gasteiger partial charge in [0.15, 0.2) is 0 Å². The number of nitrogens with zero attached hydrogens (tertiary/aromatic N) is 1. The van der Waals surface area contributed by atoms with Crippen LogP contribution in [0.5, 0.6) is 0 Å². The highest BCUT2D eigenvalue weighted by Crippen LogP contribution is 2.26. The van der Waals surface area contributed by atoms with E-state index in [1.165, 1.54) is 4.31 Å². The summed E-state index contributed by atoms with van der Waals surface area (Å²) >= 11 is 0. The van der Waals surface area contributed by atoms with E-state index in [2.05, 4.69) is 5.32 Å². The van der Waals surface area contributed by atoms with Crippen molar-refractivity contribution in [3.05, 3.63) is 60.2 Å². The quantitative estimate of drug-likeness (QED) is 0.907. The van der Waals surface area contributed by atoms with Crippen molar-refractivity contribution in [2.24, 2.45) is 0 Å². The normalized spacial score (nSPS) is 16.1. The van der Waals surface area contributed by atoms with Crippen molar-refractivity contribution < 1.29 is 13.2 Å². The first kappa shape index (κ1) is 16.5. The second-order valence-electron chi connectivity index (χ2n) is 5.83. The van der Waals surface area contributed by atoms with E-state index in [0.29, 0.717) is 37.2 Å². The van der Waals surface area contributed by atoms with Crippen molar-refractivity contribution in [1.82, 2.24) is 0 Å². The van der Waals surface area contributed by atoms with Crippen LogP contribution in [0.1, 0.15) is 18.4 Å². The predicted octanol–water partition coefficient (Wildman–Crippen LogP) is 2.80. The smallest absolute Gasteiger partial charge is 0.235 e. The van der Waals surface area contributed by atoms with Crippen LogP contribution < -0.4 is 9.62 Å². The molecule has 0 bridgehead atoms. The summed E-state index contributed by atoms with van der Waals surface area (Å²) in [7, 11) is -3.21. The highest BCUT2D eigenvalue weighted by atomic mass is 32.2. The fraction of sp³-hybridized carbons (Fsp3) is 0.278. The second kappa shape index (κ2) is 7.05. The minimum absolute atomic E-state index is 0.0831. The van der Waals surface area contributed by atoms with E-state index in [0.717, 1.165) is 5.56 Å². The summed E-state index contributed by atoms with van der Waals surface area (Å²) < 4.78 is 25.4. The van der Waals surface area contributed by atoms with E-state index in [-0.39, 0.29) is 11.7 Å². The molecule has 1 fully saturated rings. The van der Waals surface area contributed by atoms with Gasteiger partial charge >= 0.3 is 0 Å². The number of sulfonamides is 1. The second-order valence-corrected chi connectivity index (χ2v) is 7.84. The molecule has 126 valence electrons. The van der Waals surface area contributed by atoms with E-state index in [1.54, 1.807) is 24.3 Å². The van der Waals surface area contributed by atoms with Crippen molar-refractivity contribution in [3.63, 3.8) is 0 Å². The van der Waals surface area contributed by atoms with Gasteiger partial charge in [0.25, 0.3) is 0 Å². The zero-order valence-electron chi connectivity index (χ0n) is 13.3. The standard InChI is InChI=1S/C18H20N2O3S/c21-18(11-10-15-6-2-1-3-7-15)19-16-8-4-9-17(14-16)20-12-5-13-24(20,22)23/h1-4,6-9,14H,5,10-13H2,(H,19,21). The van der Waals surface area contributed by atoms with E-state index in [9.17, 15) is 13.2 Å². The first-order chi connectivity index (χ1) is 11.5. The average molecular weight is 344 g/mol. The lowest BCUT2D eigenvalue weighted by atomic mass is 10.1. The number of hydrogen-bond acceptors (Lipinski definition) is 3. The number of nitrogens with one attached hydrogen (secondary N) is 1. The SMILES string of the molecule is O=C(CCc1ccccc1)Nc1cccc(N2CCCS2(=O)=O)c1. The Kier molecular flexibility index (Phi) is 4.85. The summed E-state index contributed by atoms with van der Waals surface area (Å²) in [5.41, 5.74) is 2.34. The van der Waals surface area contributed by atoms with Crippen molar-refractivity contribution in [3.8, 4) is 0 Å². The van der Waals surface area contributed by atoms with Gasteiger partial charge in [0.05, 0.1) is 11.4 Å². The number of carbonyl (C=O) groups excluding carboxylic acids is 1. The molecule has 1 amide bonds. The molecule has 1 saturated heterocycles. The number of rotatable bonds is 5. The number of amides is 1. The van der Waals surface area contributed by atoms with Crippen LogP contribution in [0.25, 0.3) is 0 Å². The van der Waals surface area contributed by atoms with Crippen molar-refractivity contribution >= 4 is 27.3 Å². The maximum atomic E-state index is 12.1. The minimum Gasteiger partial charge on any atom is -0.326 e. The summed E-state index contributed by atoms with van der Waals surface area (Å²) in [6.45, 7) is 0.494. The molecule has 1 aliphatic rings. The Balaban J connectivity index is 1.63. The van der Waals surface area contributed by atoms with Crippen LogP contribution in [0.3, 0.4) is 0 Å². The Labute approximate surface area is 142 Å².